The van der Waals surface area contributed by atoms with Crippen LogP contribution in [0.4, 0.5) is 10.7 Å². The number of rotatable bonds is 4. The molecular formula is C10H17N5O2. The van der Waals surface area contributed by atoms with E-state index in [-0.39, 0.29) is 12.6 Å². The summed E-state index contributed by atoms with van der Waals surface area (Å²) in [4.78, 5) is 17.5. The van der Waals surface area contributed by atoms with Crippen LogP contribution in [-0.2, 0) is 6.54 Å². The molecule has 1 saturated heterocycles. The van der Waals surface area contributed by atoms with Crippen LogP contribution in [0.2, 0.25) is 0 Å². The fourth-order valence-electron chi connectivity index (χ4n) is 1.74. The van der Waals surface area contributed by atoms with Crippen molar-refractivity contribution in [3.8, 4) is 0 Å². The Morgan fingerprint density at radius 1 is 1.41 bits per heavy atom. The number of nitrogens with one attached hydrogen (secondary N) is 2. The van der Waals surface area contributed by atoms with Gasteiger partial charge in [-0.1, -0.05) is 0 Å². The van der Waals surface area contributed by atoms with Crippen LogP contribution in [0, 0.1) is 0 Å². The van der Waals surface area contributed by atoms with Crippen molar-refractivity contribution >= 4 is 12.0 Å². The van der Waals surface area contributed by atoms with Crippen LogP contribution in [0.25, 0.3) is 0 Å². The highest BCUT2D eigenvalue weighted by Gasteiger charge is 2.17. The lowest BCUT2D eigenvalue weighted by Gasteiger charge is -2.09. The summed E-state index contributed by atoms with van der Waals surface area (Å²) in [5, 5.41) is 9.16. The molecule has 1 fully saturated rings. The fourth-order valence-corrected chi connectivity index (χ4v) is 1.74. The topological polar surface area (TPSA) is 83.3 Å². The summed E-state index contributed by atoms with van der Waals surface area (Å²) in [6.07, 6.45) is 2.34. The molecule has 1 aromatic heterocycles. The standard InChI is InChI=1S/C10H17N5O2/c1-2-11-10(16)12-7-8-13-9(14-17-8)15-5-3-4-6-15/h2-7H2,1H3,(H2,11,12,16). The Morgan fingerprint density at radius 3 is 2.88 bits per heavy atom. The van der Waals surface area contributed by atoms with Gasteiger partial charge in [-0.3, -0.25) is 0 Å². The third-order valence-corrected chi connectivity index (χ3v) is 2.58. The van der Waals surface area contributed by atoms with Gasteiger partial charge in [-0.05, 0) is 24.9 Å². The summed E-state index contributed by atoms with van der Waals surface area (Å²) in [7, 11) is 0. The normalized spacial score (nSPS) is 15.0. The van der Waals surface area contributed by atoms with E-state index in [1.807, 2.05) is 6.92 Å². The third kappa shape index (κ3) is 3.08. The maximum atomic E-state index is 11.2. The lowest BCUT2D eigenvalue weighted by atomic mass is 10.4. The van der Waals surface area contributed by atoms with Gasteiger partial charge in [-0.2, -0.15) is 4.98 Å². The van der Waals surface area contributed by atoms with E-state index < -0.39 is 0 Å². The number of hydrogen-bond donors (Lipinski definition) is 2. The number of anilines is 1. The minimum absolute atomic E-state index is 0.228. The molecule has 0 bridgehead atoms. The fraction of sp³-hybridized carbons (Fsp3) is 0.700. The van der Waals surface area contributed by atoms with Crippen LogP contribution in [0.5, 0.6) is 0 Å². The quantitative estimate of drug-likeness (QED) is 0.799. The van der Waals surface area contributed by atoms with Crippen molar-refractivity contribution in [1.82, 2.24) is 20.8 Å². The summed E-state index contributed by atoms with van der Waals surface area (Å²) < 4.78 is 5.06. The summed E-state index contributed by atoms with van der Waals surface area (Å²) in [6.45, 7) is 4.66. The molecule has 2 rings (SSSR count). The van der Waals surface area contributed by atoms with E-state index in [1.54, 1.807) is 0 Å². The number of carbonyl (C=O) groups excluding carboxylic acids is 1. The second kappa shape index (κ2) is 5.51. The second-order valence-corrected chi connectivity index (χ2v) is 3.90. The van der Waals surface area contributed by atoms with Crippen LogP contribution in [0.3, 0.4) is 0 Å². The zero-order valence-electron chi connectivity index (χ0n) is 9.90. The van der Waals surface area contributed by atoms with Gasteiger partial charge in [-0.25, -0.2) is 4.79 Å². The first-order valence-corrected chi connectivity index (χ1v) is 5.89. The first-order chi connectivity index (χ1) is 8.29. The molecule has 7 nitrogen and oxygen atoms in total. The van der Waals surface area contributed by atoms with Crippen molar-refractivity contribution in [3.63, 3.8) is 0 Å². The van der Waals surface area contributed by atoms with Crippen molar-refractivity contribution in [3.05, 3.63) is 5.89 Å². The van der Waals surface area contributed by atoms with E-state index >= 15 is 0 Å². The van der Waals surface area contributed by atoms with Gasteiger partial charge in [0.25, 0.3) is 5.95 Å². The van der Waals surface area contributed by atoms with Crippen LogP contribution in [0.1, 0.15) is 25.7 Å². The molecule has 2 N–H and O–H groups in total. The Balaban J connectivity index is 1.83. The van der Waals surface area contributed by atoms with E-state index in [1.165, 1.54) is 12.8 Å². The van der Waals surface area contributed by atoms with Crippen molar-refractivity contribution in [2.24, 2.45) is 0 Å². The smallest absolute Gasteiger partial charge is 0.315 e. The maximum Gasteiger partial charge on any atom is 0.315 e. The number of aromatic nitrogens is 2. The molecule has 0 unspecified atom stereocenters. The van der Waals surface area contributed by atoms with E-state index in [0.29, 0.717) is 18.4 Å². The lowest BCUT2D eigenvalue weighted by molar-refractivity contribution is 0.239. The predicted octanol–water partition coefficient (Wildman–Crippen LogP) is 0.489. The van der Waals surface area contributed by atoms with Gasteiger partial charge in [0.15, 0.2) is 0 Å². The molecule has 2 heterocycles. The van der Waals surface area contributed by atoms with Crippen LogP contribution in [-0.4, -0.2) is 35.8 Å². The molecule has 0 aliphatic carbocycles. The van der Waals surface area contributed by atoms with Crippen LogP contribution in [0.15, 0.2) is 4.52 Å². The Hall–Kier alpha value is -1.79. The number of amides is 2. The molecule has 1 aliphatic rings. The average Bonchev–Trinajstić information content (AvgIpc) is 2.97. The van der Waals surface area contributed by atoms with Gasteiger partial charge < -0.3 is 20.1 Å². The molecule has 1 aliphatic heterocycles. The van der Waals surface area contributed by atoms with Gasteiger partial charge >= 0.3 is 6.03 Å². The third-order valence-electron chi connectivity index (χ3n) is 2.58. The van der Waals surface area contributed by atoms with E-state index in [4.69, 9.17) is 4.52 Å². The molecule has 0 atom stereocenters. The molecular weight excluding hydrogens is 222 g/mol. The zero-order chi connectivity index (χ0) is 12.1. The Labute approximate surface area is 99.6 Å². The monoisotopic (exact) mass is 239 g/mol. The van der Waals surface area contributed by atoms with Gasteiger partial charge in [0.05, 0.1) is 6.54 Å². The number of urea groups is 1. The molecule has 0 spiro atoms. The molecule has 2 amide bonds. The molecule has 17 heavy (non-hydrogen) atoms. The largest absolute Gasteiger partial charge is 0.338 e. The van der Waals surface area contributed by atoms with Gasteiger partial charge in [0.2, 0.25) is 5.89 Å². The van der Waals surface area contributed by atoms with Gasteiger partial charge in [0, 0.05) is 19.6 Å². The highest BCUT2D eigenvalue weighted by Crippen LogP contribution is 2.15. The average molecular weight is 239 g/mol. The minimum atomic E-state index is -0.228. The highest BCUT2D eigenvalue weighted by molar-refractivity contribution is 5.73. The Morgan fingerprint density at radius 2 is 2.18 bits per heavy atom. The SMILES string of the molecule is CCNC(=O)NCc1nc(N2CCCC2)no1. The van der Waals surface area contributed by atoms with Crippen molar-refractivity contribution < 1.29 is 9.32 Å². The second-order valence-electron chi connectivity index (χ2n) is 3.90. The summed E-state index contributed by atoms with van der Waals surface area (Å²) in [5.74, 6) is 1.05. The Bertz CT molecular complexity index is 373. The first-order valence-electron chi connectivity index (χ1n) is 5.89. The highest BCUT2D eigenvalue weighted by atomic mass is 16.5. The Kier molecular flexibility index (Phi) is 3.79. The van der Waals surface area contributed by atoms with E-state index in [2.05, 4.69) is 25.7 Å². The molecule has 0 radical (unpaired) electrons. The minimum Gasteiger partial charge on any atom is -0.338 e. The zero-order valence-corrected chi connectivity index (χ0v) is 9.90. The molecule has 94 valence electrons. The van der Waals surface area contributed by atoms with E-state index in [0.717, 1.165) is 13.1 Å². The predicted molar refractivity (Wildman–Crippen MR) is 61.7 cm³/mol. The molecule has 1 aromatic rings. The summed E-state index contributed by atoms with van der Waals surface area (Å²) >= 11 is 0. The first kappa shape index (κ1) is 11.7. The van der Waals surface area contributed by atoms with Gasteiger partial charge in [-0.15, -0.1) is 0 Å². The van der Waals surface area contributed by atoms with Gasteiger partial charge in [0.1, 0.15) is 0 Å². The molecule has 0 aromatic carbocycles. The van der Waals surface area contributed by atoms with E-state index in [9.17, 15) is 4.79 Å². The molecule has 0 saturated carbocycles. The maximum absolute atomic E-state index is 11.2. The van der Waals surface area contributed by atoms with Crippen molar-refractivity contribution in [2.75, 3.05) is 24.5 Å². The lowest BCUT2D eigenvalue weighted by Crippen LogP contribution is -2.34. The number of carbonyl (C=O) groups is 1. The summed E-state index contributed by atoms with van der Waals surface area (Å²) in [6, 6.07) is -0.228. The van der Waals surface area contributed by atoms with Crippen molar-refractivity contribution in [2.45, 2.75) is 26.3 Å². The van der Waals surface area contributed by atoms with Crippen molar-refractivity contribution in [1.29, 1.82) is 0 Å². The number of nitrogens with zero attached hydrogens (tertiary/aromatic N) is 3. The van der Waals surface area contributed by atoms with Crippen LogP contribution >= 0.6 is 0 Å². The van der Waals surface area contributed by atoms with Crippen LogP contribution < -0.4 is 15.5 Å². The molecule has 7 heteroatoms. The number of hydrogen-bond acceptors (Lipinski definition) is 5. The summed E-state index contributed by atoms with van der Waals surface area (Å²) in [5.41, 5.74) is 0.